The van der Waals surface area contributed by atoms with Crippen LogP contribution in [0.5, 0.6) is 5.75 Å². The molecule has 2 aromatic carbocycles. The van der Waals surface area contributed by atoms with Gasteiger partial charge in [-0.1, -0.05) is 24.3 Å². The van der Waals surface area contributed by atoms with Crippen LogP contribution in [0.4, 0.5) is 0 Å². The van der Waals surface area contributed by atoms with Crippen molar-refractivity contribution in [2.45, 2.75) is 25.9 Å². The quantitative estimate of drug-likeness (QED) is 0.662. The van der Waals surface area contributed by atoms with Crippen molar-refractivity contribution in [1.29, 1.82) is 0 Å². The number of methoxy groups -OCH3 is 1. The number of rotatable bonds is 7. The Morgan fingerprint density at radius 2 is 1.89 bits per heavy atom. The largest absolute Gasteiger partial charge is 0.497 e. The number of piperidine rings is 1. The minimum atomic E-state index is 0.780. The fourth-order valence-electron chi connectivity index (χ4n) is 4.05. The molecule has 1 fully saturated rings. The van der Waals surface area contributed by atoms with Crippen molar-refractivity contribution in [3.63, 3.8) is 0 Å². The highest BCUT2D eigenvalue weighted by atomic mass is 16.5. The van der Waals surface area contributed by atoms with E-state index in [-0.39, 0.29) is 0 Å². The normalized spacial score (nSPS) is 16.0. The molecule has 0 atom stereocenters. The molecule has 2 heterocycles. The summed E-state index contributed by atoms with van der Waals surface area (Å²) in [5.74, 6) is 1.71. The summed E-state index contributed by atoms with van der Waals surface area (Å²) in [5, 5.41) is 5.02. The van der Waals surface area contributed by atoms with Gasteiger partial charge in [0.2, 0.25) is 0 Å². The van der Waals surface area contributed by atoms with Gasteiger partial charge in [-0.3, -0.25) is 4.90 Å². The summed E-state index contributed by atoms with van der Waals surface area (Å²) >= 11 is 0. The van der Waals surface area contributed by atoms with E-state index in [9.17, 15) is 0 Å². The Morgan fingerprint density at radius 3 is 2.67 bits per heavy atom. The van der Waals surface area contributed by atoms with E-state index in [0.29, 0.717) is 0 Å². The number of ether oxygens (including phenoxy) is 1. The fraction of sp³-hybridized carbons (Fsp3) is 0.391. The fourth-order valence-corrected chi connectivity index (χ4v) is 4.05. The Balaban J connectivity index is 1.21. The van der Waals surface area contributed by atoms with Gasteiger partial charge in [0.25, 0.3) is 0 Å². The number of likely N-dealkylation sites (tertiary alicyclic amines) is 1. The van der Waals surface area contributed by atoms with Crippen LogP contribution in [0.25, 0.3) is 10.9 Å². The van der Waals surface area contributed by atoms with Crippen molar-refractivity contribution in [3.05, 3.63) is 65.9 Å². The topological polar surface area (TPSA) is 40.3 Å². The molecule has 4 rings (SSSR count). The van der Waals surface area contributed by atoms with E-state index in [0.717, 1.165) is 31.3 Å². The standard InChI is InChI=1S/C23H29N3O/c1-27-21-7-5-19(6-8-21)17-26-13-10-18(11-14-26)15-24-16-20-3-2-4-23-22(20)9-12-25-23/h2-9,12,18,24-25H,10-11,13-17H2,1H3. The minimum Gasteiger partial charge on any atom is -0.497 e. The first-order valence-electron chi connectivity index (χ1n) is 9.93. The molecule has 3 aromatic rings. The lowest BCUT2D eigenvalue weighted by atomic mass is 9.96. The van der Waals surface area contributed by atoms with Gasteiger partial charge in [0.05, 0.1) is 7.11 Å². The van der Waals surface area contributed by atoms with E-state index in [1.54, 1.807) is 7.11 Å². The number of hydrogen-bond donors (Lipinski definition) is 2. The number of hydrogen-bond acceptors (Lipinski definition) is 3. The van der Waals surface area contributed by atoms with Crippen LogP contribution in [0.3, 0.4) is 0 Å². The third-order valence-corrected chi connectivity index (χ3v) is 5.71. The zero-order valence-electron chi connectivity index (χ0n) is 16.1. The number of nitrogens with zero attached hydrogens (tertiary/aromatic N) is 1. The van der Waals surface area contributed by atoms with Gasteiger partial charge in [-0.25, -0.2) is 0 Å². The van der Waals surface area contributed by atoms with E-state index in [4.69, 9.17) is 4.74 Å². The van der Waals surface area contributed by atoms with Gasteiger partial charge in [0.1, 0.15) is 5.75 Å². The number of H-pyrrole nitrogens is 1. The highest BCUT2D eigenvalue weighted by Crippen LogP contribution is 2.21. The first-order chi connectivity index (χ1) is 13.3. The maximum Gasteiger partial charge on any atom is 0.118 e. The van der Waals surface area contributed by atoms with E-state index in [1.807, 2.05) is 6.20 Å². The molecule has 4 heteroatoms. The van der Waals surface area contributed by atoms with Crippen LogP contribution in [0.2, 0.25) is 0 Å². The van der Waals surface area contributed by atoms with Gasteiger partial charge in [-0.2, -0.15) is 0 Å². The summed E-state index contributed by atoms with van der Waals surface area (Å²) in [5.41, 5.74) is 3.97. The van der Waals surface area contributed by atoms with Crippen LogP contribution < -0.4 is 10.1 Å². The van der Waals surface area contributed by atoms with Gasteiger partial charge in [0, 0.05) is 30.2 Å². The number of benzene rings is 2. The maximum absolute atomic E-state index is 5.24. The molecule has 0 aliphatic carbocycles. The second-order valence-corrected chi connectivity index (χ2v) is 7.55. The first-order valence-corrected chi connectivity index (χ1v) is 9.93. The van der Waals surface area contributed by atoms with Crippen LogP contribution in [0.15, 0.2) is 54.7 Å². The Labute approximate surface area is 161 Å². The first kappa shape index (κ1) is 18.1. The molecule has 4 nitrogen and oxygen atoms in total. The van der Waals surface area contributed by atoms with Crippen molar-refractivity contribution in [1.82, 2.24) is 15.2 Å². The molecule has 0 spiro atoms. The number of nitrogens with one attached hydrogen (secondary N) is 2. The van der Waals surface area contributed by atoms with Crippen molar-refractivity contribution >= 4 is 10.9 Å². The van der Waals surface area contributed by atoms with Gasteiger partial charge < -0.3 is 15.0 Å². The minimum absolute atomic E-state index is 0.780. The lowest BCUT2D eigenvalue weighted by molar-refractivity contribution is 0.175. The second-order valence-electron chi connectivity index (χ2n) is 7.55. The summed E-state index contributed by atoms with van der Waals surface area (Å²) in [6.45, 7) is 5.47. The molecule has 1 aromatic heterocycles. The molecule has 0 bridgehead atoms. The Hall–Kier alpha value is -2.30. The van der Waals surface area contributed by atoms with Crippen molar-refractivity contribution < 1.29 is 4.74 Å². The number of fused-ring (bicyclic) bond motifs is 1. The van der Waals surface area contributed by atoms with Gasteiger partial charge in [-0.05, 0) is 73.8 Å². The molecule has 0 unspecified atom stereocenters. The molecule has 1 saturated heterocycles. The lowest BCUT2D eigenvalue weighted by Gasteiger charge is -2.32. The zero-order chi connectivity index (χ0) is 18.5. The second kappa shape index (κ2) is 8.59. The molecular formula is C23H29N3O. The molecule has 1 aliphatic heterocycles. The Kier molecular flexibility index (Phi) is 5.75. The van der Waals surface area contributed by atoms with Crippen LogP contribution in [0.1, 0.15) is 24.0 Å². The third kappa shape index (κ3) is 4.52. The van der Waals surface area contributed by atoms with Crippen LogP contribution in [-0.2, 0) is 13.1 Å². The Bertz CT molecular complexity index is 847. The predicted octanol–water partition coefficient (Wildman–Crippen LogP) is 4.18. The van der Waals surface area contributed by atoms with Gasteiger partial charge in [-0.15, -0.1) is 0 Å². The molecule has 0 radical (unpaired) electrons. The van der Waals surface area contributed by atoms with Crippen molar-refractivity contribution in [2.75, 3.05) is 26.7 Å². The molecule has 27 heavy (non-hydrogen) atoms. The summed E-state index contributed by atoms with van der Waals surface area (Å²) in [6.07, 6.45) is 4.57. The van der Waals surface area contributed by atoms with Crippen molar-refractivity contribution in [2.24, 2.45) is 5.92 Å². The maximum atomic E-state index is 5.24. The third-order valence-electron chi connectivity index (χ3n) is 5.71. The summed E-state index contributed by atoms with van der Waals surface area (Å²) in [4.78, 5) is 5.86. The van der Waals surface area contributed by atoms with E-state index < -0.39 is 0 Å². The summed E-state index contributed by atoms with van der Waals surface area (Å²) in [7, 11) is 1.71. The SMILES string of the molecule is COc1ccc(CN2CCC(CNCc3cccc4[nH]ccc34)CC2)cc1. The number of aromatic amines is 1. The highest BCUT2D eigenvalue weighted by molar-refractivity contribution is 5.82. The van der Waals surface area contributed by atoms with Crippen molar-refractivity contribution in [3.8, 4) is 5.75 Å². The summed E-state index contributed by atoms with van der Waals surface area (Å²) < 4.78 is 5.24. The molecule has 0 amide bonds. The smallest absolute Gasteiger partial charge is 0.118 e. The molecule has 0 saturated carbocycles. The average Bonchev–Trinajstić information content (AvgIpc) is 3.20. The van der Waals surface area contributed by atoms with E-state index in [2.05, 4.69) is 63.7 Å². The molecular weight excluding hydrogens is 334 g/mol. The van der Waals surface area contributed by atoms with Gasteiger partial charge >= 0.3 is 0 Å². The molecule has 1 aliphatic rings. The molecule has 2 N–H and O–H groups in total. The monoisotopic (exact) mass is 363 g/mol. The Morgan fingerprint density at radius 1 is 1.07 bits per heavy atom. The lowest BCUT2D eigenvalue weighted by Crippen LogP contribution is -2.36. The number of aromatic nitrogens is 1. The average molecular weight is 364 g/mol. The van der Waals surface area contributed by atoms with Crippen LogP contribution in [-0.4, -0.2) is 36.6 Å². The van der Waals surface area contributed by atoms with E-state index >= 15 is 0 Å². The summed E-state index contributed by atoms with van der Waals surface area (Å²) in [6, 6.07) is 17.1. The van der Waals surface area contributed by atoms with Gasteiger partial charge in [0.15, 0.2) is 0 Å². The highest BCUT2D eigenvalue weighted by Gasteiger charge is 2.19. The predicted molar refractivity (Wildman–Crippen MR) is 111 cm³/mol. The van der Waals surface area contributed by atoms with Crippen LogP contribution >= 0.6 is 0 Å². The molecule has 142 valence electrons. The van der Waals surface area contributed by atoms with Crippen LogP contribution in [0, 0.1) is 5.92 Å². The van der Waals surface area contributed by atoms with E-state index in [1.165, 1.54) is 48.0 Å². The zero-order valence-corrected chi connectivity index (χ0v) is 16.1.